The van der Waals surface area contributed by atoms with E-state index in [1.54, 1.807) is 10.9 Å². The molecule has 0 bridgehead atoms. The fourth-order valence-electron chi connectivity index (χ4n) is 4.57. The normalized spacial score (nSPS) is 17.8. The molecule has 29 heavy (non-hydrogen) atoms. The van der Waals surface area contributed by atoms with Crippen molar-refractivity contribution in [2.45, 2.75) is 52.4 Å². The zero-order valence-electron chi connectivity index (χ0n) is 16.9. The van der Waals surface area contributed by atoms with Crippen molar-refractivity contribution in [3.05, 3.63) is 39.1 Å². The maximum Gasteiger partial charge on any atom is 0.257 e. The molecule has 8 nitrogen and oxygen atoms in total. The number of piperidine rings is 1. The molecule has 4 rings (SSSR count). The Kier molecular flexibility index (Phi) is 5.22. The Bertz CT molecular complexity index is 1020. The summed E-state index contributed by atoms with van der Waals surface area (Å²) >= 11 is 0. The van der Waals surface area contributed by atoms with Crippen molar-refractivity contribution in [3.63, 3.8) is 0 Å². The van der Waals surface area contributed by atoms with Crippen LogP contribution >= 0.6 is 0 Å². The van der Waals surface area contributed by atoms with Crippen LogP contribution in [0.1, 0.15) is 59.9 Å². The molecule has 152 valence electrons. The number of rotatable bonds is 4. The number of H-pyrrole nitrogens is 1. The number of aromatic nitrogens is 4. The van der Waals surface area contributed by atoms with Crippen molar-refractivity contribution in [1.29, 1.82) is 5.26 Å². The van der Waals surface area contributed by atoms with Gasteiger partial charge in [-0.25, -0.2) is 9.67 Å². The monoisotopic (exact) mass is 394 g/mol. The number of hydrogen-bond acceptors (Lipinski definition) is 5. The molecule has 8 heteroatoms. The number of aromatic amines is 1. The maximum absolute atomic E-state index is 13.1. The average Bonchev–Trinajstić information content (AvgIpc) is 3.36. The lowest BCUT2D eigenvalue weighted by Crippen LogP contribution is -2.40. The molecule has 3 heterocycles. The van der Waals surface area contributed by atoms with E-state index in [1.807, 2.05) is 18.7 Å². The fraction of sp³-hybridized carbons (Fsp3) is 0.571. The van der Waals surface area contributed by atoms with E-state index in [-0.39, 0.29) is 17.4 Å². The lowest BCUT2D eigenvalue weighted by molar-refractivity contribution is 0.0670. The summed E-state index contributed by atoms with van der Waals surface area (Å²) in [5.74, 6) is 0.740. The average molecular weight is 394 g/mol. The minimum atomic E-state index is -0.115. The summed E-state index contributed by atoms with van der Waals surface area (Å²) in [6.45, 7) is 5.17. The molecule has 0 spiro atoms. The molecule has 0 unspecified atom stereocenters. The molecule has 1 amide bonds. The number of amides is 1. The van der Waals surface area contributed by atoms with Gasteiger partial charge >= 0.3 is 0 Å². The van der Waals surface area contributed by atoms with Crippen LogP contribution in [0.2, 0.25) is 0 Å². The molecular formula is C21H26N6O2. The van der Waals surface area contributed by atoms with Gasteiger partial charge in [0.15, 0.2) is 0 Å². The molecule has 0 radical (unpaired) electrons. The van der Waals surface area contributed by atoms with Crippen molar-refractivity contribution >= 4 is 5.91 Å². The Morgan fingerprint density at radius 3 is 2.83 bits per heavy atom. The van der Waals surface area contributed by atoms with E-state index < -0.39 is 0 Å². The second kappa shape index (κ2) is 7.82. The SMILES string of the molecule is CC[C@H](C#N)C1CCN(C(=O)c2cnn(-c3nc4c(c(=O)[nH]3)CCC4)c2C)CC1. The van der Waals surface area contributed by atoms with Crippen LogP contribution in [0.4, 0.5) is 0 Å². The number of likely N-dealkylation sites (tertiary alicyclic amines) is 1. The Hall–Kier alpha value is -2.95. The largest absolute Gasteiger partial charge is 0.339 e. The van der Waals surface area contributed by atoms with Crippen LogP contribution in [0.3, 0.4) is 0 Å². The van der Waals surface area contributed by atoms with E-state index in [9.17, 15) is 14.9 Å². The Morgan fingerprint density at radius 1 is 1.38 bits per heavy atom. The van der Waals surface area contributed by atoms with Gasteiger partial charge in [0.1, 0.15) is 0 Å². The first-order valence-corrected chi connectivity index (χ1v) is 10.4. The van der Waals surface area contributed by atoms with E-state index in [0.29, 0.717) is 36.2 Å². The molecule has 2 aromatic rings. The molecule has 0 aromatic carbocycles. The topological polar surface area (TPSA) is 108 Å². The number of nitriles is 1. The van der Waals surface area contributed by atoms with Crippen LogP contribution in [0, 0.1) is 30.1 Å². The predicted molar refractivity (Wildman–Crippen MR) is 107 cm³/mol. The summed E-state index contributed by atoms with van der Waals surface area (Å²) in [6.07, 6.45) is 6.62. The fourth-order valence-corrected chi connectivity index (χ4v) is 4.57. The van der Waals surface area contributed by atoms with Crippen LogP contribution in [-0.2, 0) is 12.8 Å². The molecule has 2 aliphatic rings. The van der Waals surface area contributed by atoms with Crippen molar-refractivity contribution in [2.75, 3.05) is 13.1 Å². The quantitative estimate of drug-likeness (QED) is 0.855. The number of hydrogen-bond donors (Lipinski definition) is 1. The van der Waals surface area contributed by atoms with E-state index in [4.69, 9.17) is 0 Å². The summed E-state index contributed by atoms with van der Waals surface area (Å²) in [7, 11) is 0. The standard InChI is InChI=1S/C21H26N6O2/c1-3-14(11-22)15-7-9-26(10-8-15)20(29)17-12-23-27(13(17)2)21-24-18-6-4-5-16(18)19(28)25-21/h12,14-15H,3-10H2,1-2H3,(H,24,25,28)/t14-/m1/s1. The minimum Gasteiger partial charge on any atom is -0.339 e. The summed E-state index contributed by atoms with van der Waals surface area (Å²) in [5, 5.41) is 13.6. The molecule has 1 aliphatic heterocycles. The summed E-state index contributed by atoms with van der Waals surface area (Å²) in [4.78, 5) is 34.6. The van der Waals surface area contributed by atoms with Gasteiger partial charge in [-0.15, -0.1) is 0 Å². The summed E-state index contributed by atoms with van der Waals surface area (Å²) in [5.41, 5.74) is 2.67. The molecule has 1 aliphatic carbocycles. The lowest BCUT2D eigenvalue weighted by Gasteiger charge is -2.33. The highest BCUT2D eigenvalue weighted by Gasteiger charge is 2.30. The van der Waals surface area contributed by atoms with Gasteiger partial charge in [-0.1, -0.05) is 6.92 Å². The number of aryl methyl sites for hydroxylation is 1. The highest BCUT2D eigenvalue weighted by atomic mass is 16.2. The van der Waals surface area contributed by atoms with Gasteiger partial charge in [0.25, 0.3) is 11.5 Å². The number of carbonyl (C=O) groups excluding carboxylic acids is 1. The number of carbonyl (C=O) groups is 1. The molecule has 2 aromatic heterocycles. The first-order chi connectivity index (χ1) is 14.0. The lowest BCUT2D eigenvalue weighted by atomic mass is 9.83. The Labute approximate surface area is 169 Å². The second-order valence-electron chi connectivity index (χ2n) is 8.00. The van der Waals surface area contributed by atoms with Crippen LogP contribution in [0.5, 0.6) is 0 Å². The van der Waals surface area contributed by atoms with E-state index >= 15 is 0 Å². The molecule has 0 saturated carbocycles. The van der Waals surface area contributed by atoms with Gasteiger partial charge < -0.3 is 4.90 Å². The molecule has 1 atom stereocenters. The molecule has 1 saturated heterocycles. The van der Waals surface area contributed by atoms with Gasteiger partial charge in [-0.05, 0) is 51.4 Å². The summed E-state index contributed by atoms with van der Waals surface area (Å²) in [6, 6.07) is 2.40. The van der Waals surface area contributed by atoms with Gasteiger partial charge in [-0.2, -0.15) is 10.4 Å². The van der Waals surface area contributed by atoms with Crippen molar-refractivity contribution in [3.8, 4) is 12.0 Å². The minimum absolute atomic E-state index is 0.0549. The van der Waals surface area contributed by atoms with Gasteiger partial charge in [0.05, 0.1) is 29.2 Å². The Morgan fingerprint density at radius 2 is 2.14 bits per heavy atom. The Balaban J connectivity index is 1.52. The van der Waals surface area contributed by atoms with Crippen LogP contribution < -0.4 is 5.56 Å². The first kappa shape index (κ1) is 19.4. The molecular weight excluding hydrogens is 368 g/mol. The van der Waals surface area contributed by atoms with Crippen LogP contribution in [0.15, 0.2) is 11.0 Å². The predicted octanol–water partition coefficient (Wildman–Crippen LogP) is 2.15. The third-order valence-electron chi connectivity index (χ3n) is 6.37. The van der Waals surface area contributed by atoms with E-state index in [1.165, 1.54) is 0 Å². The smallest absolute Gasteiger partial charge is 0.257 e. The van der Waals surface area contributed by atoms with Gasteiger partial charge in [-0.3, -0.25) is 14.6 Å². The number of fused-ring (bicyclic) bond motifs is 1. The van der Waals surface area contributed by atoms with Crippen LogP contribution in [-0.4, -0.2) is 43.6 Å². The zero-order chi connectivity index (χ0) is 20.5. The third kappa shape index (κ3) is 3.46. The van der Waals surface area contributed by atoms with Crippen LogP contribution in [0.25, 0.3) is 5.95 Å². The van der Waals surface area contributed by atoms with E-state index in [0.717, 1.165) is 49.8 Å². The number of nitrogens with one attached hydrogen (secondary N) is 1. The second-order valence-corrected chi connectivity index (χ2v) is 8.00. The van der Waals surface area contributed by atoms with Crippen molar-refractivity contribution in [1.82, 2.24) is 24.6 Å². The maximum atomic E-state index is 13.1. The highest BCUT2D eigenvalue weighted by Crippen LogP contribution is 2.28. The van der Waals surface area contributed by atoms with Crippen molar-refractivity contribution < 1.29 is 4.79 Å². The van der Waals surface area contributed by atoms with E-state index in [2.05, 4.69) is 21.1 Å². The third-order valence-corrected chi connectivity index (χ3v) is 6.37. The highest BCUT2D eigenvalue weighted by molar-refractivity contribution is 5.95. The van der Waals surface area contributed by atoms with Gasteiger partial charge in [0, 0.05) is 24.6 Å². The molecule has 1 N–H and O–H groups in total. The summed E-state index contributed by atoms with van der Waals surface area (Å²) < 4.78 is 1.54. The zero-order valence-corrected chi connectivity index (χ0v) is 16.9. The number of nitrogens with zero attached hydrogens (tertiary/aromatic N) is 5. The first-order valence-electron chi connectivity index (χ1n) is 10.4. The molecule has 1 fully saturated rings. The van der Waals surface area contributed by atoms with Gasteiger partial charge in [0.2, 0.25) is 5.95 Å². The van der Waals surface area contributed by atoms with Crippen molar-refractivity contribution in [2.24, 2.45) is 11.8 Å².